The Kier molecular flexibility index (Phi) is 8.21. The van der Waals surface area contributed by atoms with Crippen molar-refractivity contribution in [3.05, 3.63) is 22.4 Å². The fourth-order valence-corrected chi connectivity index (χ4v) is 2.41. The summed E-state index contributed by atoms with van der Waals surface area (Å²) in [5, 5.41) is 4.99. The smallest absolute Gasteiger partial charge is 0.237 e. The molecule has 0 spiro atoms. The van der Waals surface area contributed by atoms with Crippen LogP contribution in [0.4, 0.5) is 0 Å². The zero-order chi connectivity index (χ0) is 12.0. The summed E-state index contributed by atoms with van der Waals surface area (Å²) in [5.41, 5.74) is 5.74. The minimum absolute atomic E-state index is 0. The zero-order valence-corrected chi connectivity index (χ0v) is 11.9. The van der Waals surface area contributed by atoms with Crippen LogP contribution in [0, 0.1) is 0 Å². The van der Waals surface area contributed by atoms with Crippen molar-refractivity contribution in [2.75, 3.05) is 0 Å². The minimum Gasteiger partial charge on any atom is -0.352 e. The Hall–Kier alpha value is -0.580. The molecular weight excluding hydrogens is 256 g/mol. The SMILES string of the molecule is CCCC(N)C(=O)NC(C)Cc1cccs1.Cl. The monoisotopic (exact) mass is 276 g/mol. The molecule has 2 atom stereocenters. The summed E-state index contributed by atoms with van der Waals surface area (Å²) in [4.78, 5) is 12.9. The number of nitrogens with one attached hydrogen (secondary N) is 1. The Morgan fingerprint density at radius 3 is 2.82 bits per heavy atom. The van der Waals surface area contributed by atoms with Crippen LogP contribution in [0.5, 0.6) is 0 Å². The first-order chi connectivity index (χ1) is 7.63. The number of halogens is 1. The van der Waals surface area contributed by atoms with Gasteiger partial charge in [0.05, 0.1) is 6.04 Å². The Balaban J connectivity index is 0.00000256. The molecule has 0 aromatic carbocycles. The number of carbonyl (C=O) groups excluding carboxylic acids is 1. The number of hydrogen-bond acceptors (Lipinski definition) is 3. The third-order valence-electron chi connectivity index (χ3n) is 2.41. The zero-order valence-electron chi connectivity index (χ0n) is 10.3. The van der Waals surface area contributed by atoms with Crippen LogP contribution in [-0.4, -0.2) is 18.0 Å². The molecule has 0 aliphatic heterocycles. The Morgan fingerprint density at radius 2 is 2.29 bits per heavy atom. The molecule has 0 aliphatic carbocycles. The highest BCUT2D eigenvalue weighted by atomic mass is 35.5. The van der Waals surface area contributed by atoms with Gasteiger partial charge in [-0.05, 0) is 24.8 Å². The van der Waals surface area contributed by atoms with Gasteiger partial charge in [-0.25, -0.2) is 0 Å². The van der Waals surface area contributed by atoms with Gasteiger partial charge in [-0.3, -0.25) is 4.79 Å². The molecule has 1 heterocycles. The largest absolute Gasteiger partial charge is 0.352 e. The highest BCUT2D eigenvalue weighted by Crippen LogP contribution is 2.11. The fraction of sp³-hybridized carbons (Fsp3) is 0.583. The number of nitrogens with two attached hydrogens (primary N) is 1. The van der Waals surface area contributed by atoms with E-state index in [2.05, 4.69) is 11.4 Å². The van der Waals surface area contributed by atoms with Crippen LogP contribution in [0.25, 0.3) is 0 Å². The second-order valence-electron chi connectivity index (χ2n) is 4.09. The van der Waals surface area contributed by atoms with Crippen molar-refractivity contribution < 1.29 is 4.79 Å². The minimum atomic E-state index is -0.365. The normalized spacial score (nSPS) is 13.6. The van der Waals surface area contributed by atoms with E-state index < -0.39 is 0 Å². The first kappa shape index (κ1) is 16.4. The van der Waals surface area contributed by atoms with Gasteiger partial charge in [0.15, 0.2) is 0 Å². The molecule has 1 rings (SSSR count). The predicted molar refractivity (Wildman–Crippen MR) is 75.8 cm³/mol. The molecule has 0 saturated carbocycles. The summed E-state index contributed by atoms with van der Waals surface area (Å²) in [6.07, 6.45) is 2.56. The van der Waals surface area contributed by atoms with E-state index in [4.69, 9.17) is 5.73 Å². The lowest BCUT2D eigenvalue weighted by Gasteiger charge is -2.16. The van der Waals surface area contributed by atoms with Crippen molar-refractivity contribution in [3.63, 3.8) is 0 Å². The van der Waals surface area contributed by atoms with Gasteiger partial charge in [0.1, 0.15) is 0 Å². The third kappa shape index (κ3) is 6.05. The van der Waals surface area contributed by atoms with Gasteiger partial charge in [-0.2, -0.15) is 0 Å². The van der Waals surface area contributed by atoms with Crippen LogP contribution in [-0.2, 0) is 11.2 Å². The molecule has 1 aromatic heterocycles. The number of rotatable bonds is 6. The van der Waals surface area contributed by atoms with Crippen LogP contribution in [0.3, 0.4) is 0 Å². The lowest BCUT2D eigenvalue weighted by molar-refractivity contribution is -0.123. The van der Waals surface area contributed by atoms with E-state index >= 15 is 0 Å². The van der Waals surface area contributed by atoms with Gasteiger partial charge in [-0.1, -0.05) is 19.4 Å². The van der Waals surface area contributed by atoms with Crippen molar-refractivity contribution in [3.8, 4) is 0 Å². The quantitative estimate of drug-likeness (QED) is 0.838. The first-order valence-electron chi connectivity index (χ1n) is 5.71. The van der Waals surface area contributed by atoms with E-state index in [0.29, 0.717) is 0 Å². The highest BCUT2D eigenvalue weighted by molar-refractivity contribution is 7.09. The lowest BCUT2D eigenvalue weighted by Crippen LogP contribution is -2.44. The molecule has 5 heteroatoms. The van der Waals surface area contributed by atoms with Gasteiger partial charge >= 0.3 is 0 Å². The maximum Gasteiger partial charge on any atom is 0.237 e. The Labute approximate surface area is 113 Å². The molecule has 3 N–H and O–H groups in total. The third-order valence-corrected chi connectivity index (χ3v) is 3.31. The molecule has 2 unspecified atom stereocenters. The molecule has 0 radical (unpaired) electrons. The molecule has 0 bridgehead atoms. The van der Waals surface area contributed by atoms with Crippen LogP contribution in [0.1, 0.15) is 31.6 Å². The van der Waals surface area contributed by atoms with E-state index in [1.807, 2.05) is 25.3 Å². The highest BCUT2D eigenvalue weighted by Gasteiger charge is 2.14. The van der Waals surface area contributed by atoms with Gasteiger partial charge in [0, 0.05) is 17.3 Å². The van der Waals surface area contributed by atoms with E-state index in [-0.39, 0.29) is 30.4 Å². The number of thiophene rings is 1. The van der Waals surface area contributed by atoms with Crippen LogP contribution in [0.2, 0.25) is 0 Å². The summed E-state index contributed by atoms with van der Waals surface area (Å²) in [5.74, 6) is -0.0362. The van der Waals surface area contributed by atoms with Crippen LogP contribution < -0.4 is 11.1 Å². The summed E-state index contributed by atoms with van der Waals surface area (Å²) in [6, 6.07) is 3.89. The molecule has 1 aromatic rings. The van der Waals surface area contributed by atoms with Gasteiger partial charge < -0.3 is 11.1 Å². The standard InChI is InChI=1S/C12H20N2OS.ClH/c1-3-5-11(13)12(15)14-9(2)8-10-6-4-7-16-10;/h4,6-7,9,11H,3,5,8,13H2,1-2H3,(H,14,15);1H. The van der Waals surface area contributed by atoms with E-state index in [1.165, 1.54) is 4.88 Å². The maximum absolute atomic E-state index is 11.6. The second kappa shape index (κ2) is 8.50. The average molecular weight is 277 g/mol. The second-order valence-corrected chi connectivity index (χ2v) is 5.12. The number of hydrogen-bond donors (Lipinski definition) is 2. The first-order valence-corrected chi connectivity index (χ1v) is 6.59. The topological polar surface area (TPSA) is 55.1 Å². The molecule has 0 aliphatic rings. The number of carbonyl (C=O) groups is 1. The molecule has 17 heavy (non-hydrogen) atoms. The summed E-state index contributed by atoms with van der Waals surface area (Å²) >= 11 is 1.71. The van der Waals surface area contributed by atoms with Crippen LogP contribution >= 0.6 is 23.7 Å². The molecule has 1 amide bonds. The van der Waals surface area contributed by atoms with Crippen molar-refractivity contribution in [2.24, 2.45) is 5.73 Å². The number of amides is 1. The van der Waals surface area contributed by atoms with Crippen molar-refractivity contribution in [2.45, 2.75) is 45.2 Å². The van der Waals surface area contributed by atoms with Crippen molar-refractivity contribution in [1.82, 2.24) is 5.32 Å². The van der Waals surface area contributed by atoms with E-state index in [1.54, 1.807) is 11.3 Å². The van der Waals surface area contributed by atoms with Gasteiger partial charge in [0.2, 0.25) is 5.91 Å². The van der Waals surface area contributed by atoms with Crippen molar-refractivity contribution in [1.29, 1.82) is 0 Å². The molecule has 98 valence electrons. The maximum atomic E-state index is 11.6. The molecule has 0 saturated heterocycles. The van der Waals surface area contributed by atoms with Gasteiger partial charge in [0.25, 0.3) is 0 Å². The summed E-state index contributed by atoms with van der Waals surface area (Å²) < 4.78 is 0. The molecule has 3 nitrogen and oxygen atoms in total. The Morgan fingerprint density at radius 1 is 1.59 bits per heavy atom. The Bertz CT molecular complexity index is 316. The van der Waals surface area contributed by atoms with E-state index in [9.17, 15) is 4.79 Å². The fourth-order valence-electron chi connectivity index (χ4n) is 1.57. The molecular formula is C12H21ClN2OS. The lowest BCUT2D eigenvalue weighted by atomic mass is 10.1. The predicted octanol–water partition coefficient (Wildman–Crippen LogP) is 2.34. The molecule has 0 fully saturated rings. The summed E-state index contributed by atoms with van der Waals surface area (Å²) in [6.45, 7) is 4.04. The van der Waals surface area contributed by atoms with Crippen molar-refractivity contribution >= 4 is 29.7 Å². The average Bonchev–Trinajstić information content (AvgIpc) is 2.70. The summed E-state index contributed by atoms with van der Waals surface area (Å²) in [7, 11) is 0. The van der Waals surface area contributed by atoms with Gasteiger partial charge in [-0.15, -0.1) is 23.7 Å². The van der Waals surface area contributed by atoms with E-state index in [0.717, 1.165) is 19.3 Å². The van der Waals surface area contributed by atoms with Crippen LogP contribution in [0.15, 0.2) is 17.5 Å².